The number of aliphatic hydroxyl groups is 1. The Balaban J connectivity index is 5.58. The van der Waals surface area contributed by atoms with Crippen LogP contribution in [0.5, 0.6) is 0 Å². The van der Waals surface area contributed by atoms with E-state index < -0.39 is 97.5 Å². The Labute approximate surface area is 678 Å². The average molecular weight is 1600 g/mol. The molecule has 0 amide bonds. The predicted molar refractivity (Wildman–Crippen MR) is 463 cm³/mol. The van der Waals surface area contributed by atoms with E-state index in [0.29, 0.717) is 38.5 Å². The van der Waals surface area contributed by atoms with Crippen LogP contribution >= 0.6 is 15.6 Å². The number of hydrogen-bond donors (Lipinski definition) is 3. The van der Waals surface area contributed by atoms with Gasteiger partial charge in [-0.05, 0) is 173 Å². The Hall–Kier alpha value is -6.36. The second-order valence-electron chi connectivity index (χ2n) is 27.3. The molecule has 5 atom stereocenters. The zero-order valence-electron chi connectivity index (χ0n) is 69.3. The second kappa shape index (κ2) is 82.6. The molecule has 0 heterocycles. The molecular formula is C93H148O17P2. The molecule has 0 aliphatic heterocycles. The van der Waals surface area contributed by atoms with Crippen molar-refractivity contribution in [3.63, 3.8) is 0 Å². The number of phosphoric acid groups is 2. The van der Waals surface area contributed by atoms with Gasteiger partial charge in [0.2, 0.25) is 0 Å². The first-order valence-electron chi connectivity index (χ1n) is 42.3. The van der Waals surface area contributed by atoms with Crippen LogP contribution in [0.15, 0.2) is 207 Å². The van der Waals surface area contributed by atoms with Gasteiger partial charge in [-0.25, -0.2) is 9.13 Å². The fourth-order valence-electron chi connectivity index (χ4n) is 10.4. The highest BCUT2D eigenvalue weighted by atomic mass is 31.2. The largest absolute Gasteiger partial charge is 0.472 e. The summed E-state index contributed by atoms with van der Waals surface area (Å²) in [6.07, 6.45) is 104. The minimum absolute atomic E-state index is 0.0115. The molecule has 17 nitrogen and oxygen atoms in total. The number of rotatable bonds is 77. The van der Waals surface area contributed by atoms with Crippen molar-refractivity contribution < 1.29 is 80.2 Å². The molecule has 112 heavy (non-hydrogen) atoms. The van der Waals surface area contributed by atoms with E-state index in [1.165, 1.54) is 44.9 Å². The van der Waals surface area contributed by atoms with E-state index >= 15 is 0 Å². The van der Waals surface area contributed by atoms with Crippen LogP contribution in [0.4, 0.5) is 0 Å². The Bertz CT molecular complexity index is 2940. The molecule has 0 saturated heterocycles. The van der Waals surface area contributed by atoms with Gasteiger partial charge < -0.3 is 33.8 Å². The summed E-state index contributed by atoms with van der Waals surface area (Å²) in [7, 11) is -10.0. The first kappa shape index (κ1) is 106. The van der Waals surface area contributed by atoms with Crippen LogP contribution in [-0.4, -0.2) is 96.7 Å². The first-order valence-corrected chi connectivity index (χ1v) is 45.3. The highest BCUT2D eigenvalue weighted by Gasteiger charge is 2.30. The van der Waals surface area contributed by atoms with E-state index in [1.807, 2.05) is 36.5 Å². The minimum atomic E-state index is -5.03. The van der Waals surface area contributed by atoms with Gasteiger partial charge in [-0.2, -0.15) is 0 Å². The monoisotopic (exact) mass is 1600 g/mol. The van der Waals surface area contributed by atoms with Crippen molar-refractivity contribution in [1.29, 1.82) is 0 Å². The summed E-state index contributed by atoms with van der Waals surface area (Å²) in [6, 6.07) is 0. The van der Waals surface area contributed by atoms with Gasteiger partial charge in [0.25, 0.3) is 0 Å². The van der Waals surface area contributed by atoms with Gasteiger partial charge in [0.1, 0.15) is 19.3 Å². The lowest BCUT2D eigenvalue weighted by Gasteiger charge is -2.21. The average Bonchev–Trinajstić information content (AvgIpc) is 0.908. The second-order valence-corrected chi connectivity index (χ2v) is 30.2. The standard InChI is InChI=1S/C93H148O17P2/c1-5-9-13-17-21-25-29-33-37-40-43-46-50-54-58-62-66-70-74-78-91(96)104-84-89(110-93(98)80-76-72-68-64-60-56-52-48-45-42-39-35-31-27-23-19-15-11-7-3)86-108-112(101,102)106-82-87(94)81-105-111(99,100)107-85-88(83-103-90(95)77-73-69-65-61-57-53-49-36-32-28-24-20-16-12-8-4)109-92(97)79-75-71-67-63-59-55-51-47-44-41-38-34-30-26-22-18-14-10-6-2/h9-10,13-14,21-23,25-28,32-35,37-39,43-48,54-56,58-60,66,68,70,72,87-89,94H,5-8,11-12,15-20,24,29-31,36,40-42,49-53,57,61-65,67,69,71,73-86H2,1-4H3,(H,99,100)(H,101,102)/b13-9-,14-10-,25-21-,26-22-,27-23-,32-28-,37-33-,38-34-,39-35-,46-43-,47-44-,48-45-,58-54-,59-55-,60-56-,70-66-,72-68-/t87-,88+,89+/m0/s1. The highest BCUT2D eigenvalue weighted by molar-refractivity contribution is 7.47. The summed E-state index contributed by atoms with van der Waals surface area (Å²) in [6.45, 7) is 4.38. The van der Waals surface area contributed by atoms with Crippen LogP contribution in [0.3, 0.4) is 0 Å². The van der Waals surface area contributed by atoms with Crippen molar-refractivity contribution >= 4 is 39.5 Å². The Kier molecular flexibility index (Phi) is 77.9. The molecule has 632 valence electrons. The lowest BCUT2D eigenvalue weighted by Crippen LogP contribution is -2.30. The molecule has 0 aliphatic rings. The van der Waals surface area contributed by atoms with Crippen LogP contribution in [0.1, 0.15) is 297 Å². The zero-order chi connectivity index (χ0) is 81.7. The molecule has 0 bridgehead atoms. The van der Waals surface area contributed by atoms with Crippen LogP contribution in [0.2, 0.25) is 0 Å². The van der Waals surface area contributed by atoms with Crippen molar-refractivity contribution in [3.05, 3.63) is 207 Å². The van der Waals surface area contributed by atoms with Crippen molar-refractivity contribution in [2.24, 2.45) is 0 Å². The summed E-state index contributed by atoms with van der Waals surface area (Å²) in [5, 5.41) is 10.7. The van der Waals surface area contributed by atoms with Crippen LogP contribution in [0, 0.1) is 0 Å². The van der Waals surface area contributed by atoms with Gasteiger partial charge in [-0.1, -0.05) is 305 Å². The van der Waals surface area contributed by atoms with Crippen LogP contribution < -0.4 is 0 Å². The molecule has 2 unspecified atom stereocenters. The maximum Gasteiger partial charge on any atom is 0.472 e. The zero-order valence-corrected chi connectivity index (χ0v) is 71.0. The number of hydrogen-bond acceptors (Lipinski definition) is 15. The molecule has 19 heteroatoms. The number of aliphatic hydroxyl groups excluding tert-OH is 1. The molecule has 0 rings (SSSR count). The molecule has 0 aromatic heterocycles. The van der Waals surface area contributed by atoms with E-state index in [0.717, 1.165) is 161 Å². The fraction of sp³-hybridized carbons (Fsp3) is 0.591. The topological polar surface area (TPSA) is 237 Å². The number of carbonyl (C=O) groups is 4. The van der Waals surface area contributed by atoms with Gasteiger partial charge in [0.15, 0.2) is 12.2 Å². The molecule has 0 aromatic carbocycles. The van der Waals surface area contributed by atoms with Gasteiger partial charge in [-0.15, -0.1) is 0 Å². The molecule has 0 aromatic rings. The Morgan fingerprint density at radius 1 is 0.259 bits per heavy atom. The highest BCUT2D eigenvalue weighted by Crippen LogP contribution is 2.45. The molecule has 3 N–H and O–H groups in total. The number of phosphoric ester groups is 2. The lowest BCUT2D eigenvalue weighted by atomic mass is 10.1. The number of esters is 4. The summed E-state index contributed by atoms with van der Waals surface area (Å²) in [4.78, 5) is 73.2. The summed E-state index contributed by atoms with van der Waals surface area (Å²) in [5.41, 5.74) is 0. The van der Waals surface area contributed by atoms with Crippen molar-refractivity contribution in [2.45, 2.75) is 316 Å². The quantitative estimate of drug-likeness (QED) is 0.0169. The maximum atomic E-state index is 13.1. The van der Waals surface area contributed by atoms with E-state index in [-0.39, 0.29) is 25.7 Å². The number of ether oxygens (including phenoxy) is 4. The summed E-state index contributed by atoms with van der Waals surface area (Å²) in [5.74, 6) is -2.43. The number of carbonyl (C=O) groups excluding carboxylic acids is 4. The van der Waals surface area contributed by atoms with E-state index in [4.69, 9.17) is 37.0 Å². The van der Waals surface area contributed by atoms with Crippen molar-refractivity contribution in [1.82, 2.24) is 0 Å². The van der Waals surface area contributed by atoms with Gasteiger partial charge in [0, 0.05) is 25.7 Å². The lowest BCUT2D eigenvalue weighted by molar-refractivity contribution is -0.161. The maximum absolute atomic E-state index is 13.1. The third-order valence-electron chi connectivity index (χ3n) is 16.7. The van der Waals surface area contributed by atoms with Crippen LogP contribution in [-0.2, 0) is 65.4 Å². The van der Waals surface area contributed by atoms with Crippen molar-refractivity contribution in [2.75, 3.05) is 39.6 Å². The van der Waals surface area contributed by atoms with Crippen molar-refractivity contribution in [3.8, 4) is 0 Å². The molecule has 0 spiro atoms. The Morgan fingerprint density at radius 2 is 0.482 bits per heavy atom. The van der Waals surface area contributed by atoms with Crippen LogP contribution in [0.25, 0.3) is 0 Å². The molecule has 0 saturated carbocycles. The molecule has 0 radical (unpaired) electrons. The first-order chi connectivity index (χ1) is 54.7. The van der Waals surface area contributed by atoms with Gasteiger partial charge in [0.05, 0.1) is 26.4 Å². The SMILES string of the molecule is CC/C=C\C/C=C\C/C=C\C/C=C\C/C=C\C/C=C\CCC(=O)OC[C@H](COP(=O)(O)OC[C@@H](O)COP(=O)(O)OC[C@@H](COC(=O)CCCCCCCCC/C=C\CCCCCC)OC(=O)CCCCC/C=C\C/C=C\C/C=C\C/C=C\C/C=C\CC)OC(=O)CC/C=C\C/C=C\C/C=C\C/C=C\C/C=C\CCCCC. The number of allylic oxidation sites excluding steroid dienone is 34. The summed E-state index contributed by atoms with van der Waals surface area (Å²) >= 11 is 0. The minimum Gasteiger partial charge on any atom is -0.462 e. The third-order valence-corrected chi connectivity index (χ3v) is 18.6. The predicted octanol–water partition coefficient (Wildman–Crippen LogP) is 25.4. The van der Waals surface area contributed by atoms with Gasteiger partial charge in [-0.3, -0.25) is 37.3 Å². The van der Waals surface area contributed by atoms with E-state index in [9.17, 15) is 43.2 Å². The Morgan fingerprint density at radius 3 is 0.821 bits per heavy atom. The molecule has 0 aliphatic carbocycles. The smallest absolute Gasteiger partial charge is 0.462 e. The third kappa shape index (κ3) is 81.6. The number of unbranched alkanes of at least 4 members (excludes halogenated alkanes) is 17. The van der Waals surface area contributed by atoms with Gasteiger partial charge >= 0.3 is 39.5 Å². The molecule has 0 fully saturated rings. The van der Waals surface area contributed by atoms with E-state index in [1.54, 1.807) is 0 Å². The normalized spacial score (nSPS) is 14.8. The van der Waals surface area contributed by atoms with E-state index in [2.05, 4.69) is 198 Å². The fourth-order valence-corrected chi connectivity index (χ4v) is 11.9. The molecular weight excluding hydrogens is 1450 g/mol. The summed E-state index contributed by atoms with van der Waals surface area (Å²) < 4.78 is 68.6.